The van der Waals surface area contributed by atoms with Crippen molar-refractivity contribution < 1.29 is 4.39 Å². The van der Waals surface area contributed by atoms with Crippen molar-refractivity contribution in [2.45, 2.75) is 29.5 Å². The quantitative estimate of drug-likeness (QED) is 0.751. The van der Waals surface area contributed by atoms with E-state index in [1.54, 1.807) is 23.9 Å². The highest BCUT2D eigenvalue weighted by Crippen LogP contribution is 2.40. The smallest absolute Gasteiger partial charge is 0.124 e. The largest absolute Gasteiger partial charge is 0.326 e. The zero-order valence-corrected chi connectivity index (χ0v) is 13.6. The van der Waals surface area contributed by atoms with E-state index in [-0.39, 0.29) is 17.1 Å². The molecule has 2 atom stereocenters. The van der Waals surface area contributed by atoms with Crippen LogP contribution < -0.4 is 5.73 Å². The van der Waals surface area contributed by atoms with Gasteiger partial charge in [0.1, 0.15) is 5.82 Å². The van der Waals surface area contributed by atoms with E-state index in [0.29, 0.717) is 0 Å². The molecule has 0 aliphatic carbocycles. The van der Waals surface area contributed by atoms with Crippen LogP contribution in [0.1, 0.15) is 24.2 Å². The highest BCUT2D eigenvalue weighted by molar-refractivity contribution is 9.10. The lowest BCUT2D eigenvalue weighted by atomic mass is 10.0. The summed E-state index contributed by atoms with van der Waals surface area (Å²) in [6.45, 7) is 2.07. The summed E-state index contributed by atoms with van der Waals surface area (Å²) in [5.74, 6) is -0.217. The lowest BCUT2D eigenvalue weighted by Gasteiger charge is -2.24. The monoisotopic (exact) mass is 353 g/mol. The van der Waals surface area contributed by atoms with Gasteiger partial charge in [0, 0.05) is 15.4 Å². The van der Waals surface area contributed by atoms with Gasteiger partial charge in [0.25, 0.3) is 0 Å². The molecule has 0 heterocycles. The molecule has 106 valence electrons. The molecular formula is C16H17BrFNS. The number of hydrogen-bond donors (Lipinski definition) is 1. The Labute approximate surface area is 131 Å². The molecule has 0 spiro atoms. The summed E-state index contributed by atoms with van der Waals surface area (Å²) >= 11 is 5.19. The van der Waals surface area contributed by atoms with Crippen LogP contribution in [0.2, 0.25) is 0 Å². The first-order valence-electron chi connectivity index (χ1n) is 6.54. The highest BCUT2D eigenvalue weighted by Gasteiger charge is 2.22. The van der Waals surface area contributed by atoms with Crippen molar-refractivity contribution in [2.75, 3.05) is 0 Å². The fraction of sp³-hybridized carbons (Fsp3) is 0.250. The molecule has 2 aromatic carbocycles. The Morgan fingerprint density at radius 2 is 1.95 bits per heavy atom. The Morgan fingerprint density at radius 3 is 2.60 bits per heavy atom. The van der Waals surface area contributed by atoms with Crippen molar-refractivity contribution in [3.05, 3.63) is 64.4 Å². The molecule has 0 fully saturated rings. The molecule has 1 nitrogen and oxygen atoms in total. The maximum Gasteiger partial charge on any atom is 0.124 e. The number of halogens is 2. The number of nitrogens with two attached hydrogens (primary N) is 1. The molecule has 2 N–H and O–H groups in total. The van der Waals surface area contributed by atoms with E-state index in [0.717, 1.165) is 21.4 Å². The minimum absolute atomic E-state index is 0.0157. The third-order valence-corrected chi connectivity index (χ3v) is 5.24. The molecular weight excluding hydrogens is 337 g/mol. The van der Waals surface area contributed by atoms with Crippen molar-refractivity contribution in [1.29, 1.82) is 0 Å². The Balaban J connectivity index is 2.32. The van der Waals surface area contributed by atoms with Crippen LogP contribution >= 0.6 is 27.7 Å². The standard InChI is InChI=1S/C16H17BrFNS/c1-2-15(19)16(13-8-3-4-9-14(13)17)20-12-7-5-6-11(18)10-12/h3-10,15-16H,2,19H2,1H3. The molecule has 2 rings (SSSR count). The molecule has 4 heteroatoms. The SMILES string of the molecule is CCC(N)C(Sc1cccc(F)c1)c1ccccc1Br. The predicted octanol–water partition coefficient (Wildman–Crippen LogP) is 5.16. The van der Waals surface area contributed by atoms with Gasteiger partial charge in [-0.2, -0.15) is 0 Å². The van der Waals surface area contributed by atoms with Crippen LogP contribution in [-0.4, -0.2) is 6.04 Å². The van der Waals surface area contributed by atoms with Crippen molar-refractivity contribution in [1.82, 2.24) is 0 Å². The van der Waals surface area contributed by atoms with E-state index in [2.05, 4.69) is 28.9 Å². The molecule has 20 heavy (non-hydrogen) atoms. The fourth-order valence-corrected chi connectivity index (χ4v) is 4.00. The molecule has 2 unspecified atom stereocenters. The fourth-order valence-electron chi connectivity index (χ4n) is 1.99. The summed E-state index contributed by atoms with van der Waals surface area (Å²) in [5, 5.41) is 0.0948. The van der Waals surface area contributed by atoms with Gasteiger partial charge in [-0.3, -0.25) is 0 Å². The summed E-state index contributed by atoms with van der Waals surface area (Å²) in [4.78, 5) is 0.898. The van der Waals surface area contributed by atoms with Crippen LogP contribution in [-0.2, 0) is 0 Å². The Morgan fingerprint density at radius 1 is 1.20 bits per heavy atom. The van der Waals surface area contributed by atoms with Gasteiger partial charge in [-0.1, -0.05) is 47.1 Å². The topological polar surface area (TPSA) is 26.0 Å². The van der Waals surface area contributed by atoms with Crippen LogP contribution in [0.25, 0.3) is 0 Å². The van der Waals surface area contributed by atoms with Crippen molar-refractivity contribution in [2.24, 2.45) is 5.73 Å². The van der Waals surface area contributed by atoms with Crippen LogP contribution in [0.3, 0.4) is 0 Å². The molecule has 0 aliphatic heterocycles. The maximum absolute atomic E-state index is 13.3. The van der Waals surface area contributed by atoms with E-state index in [9.17, 15) is 4.39 Å². The number of rotatable bonds is 5. The summed E-state index contributed by atoms with van der Waals surface area (Å²) in [5.41, 5.74) is 7.42. The van der Waals surface area contributed by atoms with Crippen molar-refractivity contribution in [3.63, 3.8) is 0 Å². The van der Waals surface area contributed by atoms with E-state index in [1.807, 2.05) is 24.3 Å². The van der Waals surface area contributed by atoms with Gasteiger partial charge in [0.15, 0.2) is 0 Å². The van der Waals surface area contributed by atoms with E-state index in [1.165, 1.54) is 6.07 Å². The van der Waals surface area contributed by atoms with Crippen LogP contribution in [0.15, 0.2) is 57.9 Å². The molecule has 0 bridgehead atoms. The minimum Gasteiger partial charge on any atom is -0.326 e. The average molecular weight is 354 g/mol. The van der Waals surface area contributed by atoms with Gasteiger partial charge in [-0.05, 0) is 36.2 Å². The first-order chi connectivity index (χ1) is 9.61. The molecule has 0 saturated heterocycles. The molecule has 0 aromatic heterocycles. The third-order valence-electron chi connectivity index (χ3n) is 3.13. The second-order valence-corrected chi connectivity index (χ2v) is 6.66. The van der Waals surface area contributed by atoms with E-state index < -0.39 is 0 Å². The first kappa shape index (κ1) is 15.5. The van der Waals surface area contributed by atoms with Crippen LogP contribution in [0, 0.1) is 5.82 Å². The van der Waals surface area contributed by atoms with E-state index in [4.69, 9.17) is 5.73 Å². The third kappa shape index (κ3) is 3.84. The second-order valence-electron chi connectivity index (χ2n) is 4.59. The summed E-state index contributed by atoms with van der Waals surface area (Å²) in [7, 11) is 0. The van der Waals surface area contributed by atoms with Gasteiger partial charge in [-0.25, -0.2) is 4.39 Å². The lowest BCUT2D eigenvalue weighted by molar-refractivity contribution is 0.621. The normalized spacial score (nSPS) is 14.0. The average Bonchev–Trinajstić information content (AvgIpc) is 2.45. The number of hydrogen-bond acceptors (Lipinski definition) is 2. The second kappa shape index (κ2) is 7.25. The molecule has 0 amide bonds. The zero-order chi connectivity index (χ0) is 14.5. The molecule has 0 aliphatic rings. The summed E-state index contributed by atoms with van der Waals surface area (Å²) in [6.07, 6.45) is 0.869. The zero-order valence-electron chi connectivity index (χ0n) is 11.2. The Kier molecular flexibility index (Phi) is 5.64. The first-order valence-corrected chi connectivity index (χ1v) is 8.21. The van der Waals surface area contributed by atoms with Crippen LogP contribution in [0.4, 0.5) is 4.39 Å². The number of thioether (sulfide) groups is 1. The van der Waals surface area contributed by atoms with Gasteiger partial charge in [0.05, 0.1) is 5.25 Å². The number of benzene rings is 2. The summed E-state index contributed by atoms with van der Waals surface area (Å²) < 4.78 is 14.4. The Hall–Kier alpha value is -0.840. The molecule has 2 aromatic rings. The minimum atomic E-state index is -0.217. The van der Waals surface area contributed by atoms with Gasteiger partial charge in [-0.15, -0.1) is 11.8 Å². The molecule has 0 saturated carbocycles. The highest BCUT2D eigenvalue weighted by atomic mass is 79.9. The van der Waals surface area contributed by atoms with E-state index >= 15 is 0 Å². The van der Waals surface area contributed by atoms with Crippen molar-refractivity contribution in [3.8, 4) is 0 Å². The Bertz CT molecular complexity index is 576. The van der Waals surface area contributed by atoms with Gasteiger partial charge in [0.2, 0.25) is 0 Å². The summed E-state index contributed by atoms with van der Waals surface area (Å²) in [6, 6.07) is 14.7. The van der Waals surface area contributed by atoms with Crippen LogP contribution in [0.5, 0.6) is 0 Å². The maximum atomic E-state index is 13.3. The molecule has 0 radical (unpaired) electrons. The lowest BCUT2D eigenvalue weighted by Crippen LogP contribution is -2.25. The van der Waals surface area contributed by atoms with Gasteiger partial charge >= 0.3 is 0 Å². The van der Waals surface area contributed by atoms with Gasteiger partial charge < -0.3 is 5.73 Å². The van der Waals surface area contributed by atoms with Crippen molar-refractivity contribution >= 4 is 27.7 Å². The predicted molar refractivity (Wildman–Crippen MR) is 87.4 cm³/mol.